The minimum Gasteiger partial charge on any atom is -0.467 e. The summed E-state index contributed by atoms with van der Waals surface area (Å²) in [5.41, 5.74) is 1.17. The van der Waals surface area contributed by atoms with Crippen LogP contribution < -0.4 is 9.47 Å². The summed E-state index contributed by atoms with van der Waals surface area (Å²) in [4.78, 5) is 4.33. The summed E-state index contributed by atoms with van der Waals surface area (Å²) in [6, 6.07) is 11.2. The van der Waals surface area contributed by atoms with Gasteiger partial charge in [0, 0.05) is 30.5 Å². The molecule has 1 aromatic carbocycles. The fraction of sp³-hybridized carbons (Fsp3) is 0.294. The van der Waals surface area contributed by atoms with E-state index in [9.17, 15) is 5.26 Å². The Morgan fingerprint density at radius 2 is 1.83 bits per heavy atom. The standard InChI is InChI=1S/C17H17BrN2O4/c1-21-10-23-15-6-5-12(18)8-13(15)14(9-19)17-16(24-11-22-2)4-3-7-20-17/h3-8,14H,10-11H2,1-2H3. The van der Waals surface area contributed by atoms with Crippen LogP contribution in [0, 0.1) is 11.3 Å². The summed E-state index contributed by atoms with van der Waals surface area (Å²) in [5.74, 6) is 0.376. The molecule has 6 nitrogen and oxygen atoms in total. The minimum atomic E-state index is -0.664. The third kappa shape index (κ3) is 4.45. The number of pyridine rings is 1. The highest BCUT2D eigenvalue weighted by Crippen LogP contribution is 2.36. The maximum absolute atomic E-state index is 9.74. The molecule has 24 heavy (non-hydrogen) atoms. The second kappa shape index (κ2) is 9.23. The Morgan fingerprint density at radius 1 is 1.12 bits per heavy atom. The van der Waals surface area contributed by atoms with Crippen LogP contribution in [0.25, 0.3) is 0 Å². The van der Waals surface area contributed by atoms with E-state index in [1.807, 2.05) is 12.1 Å². The number of hydrogen-bond acceptors (Lipinski definition) is 6. The zero-order valence-electron chi connectivity index (χ0n) is 13.4. The molecule has 0 amide bonds. The molecule has 1 atom stereocenters. The van der Waals surface area contributed by atoms with Gasteiger partial charge < -0.3 is 18.9 Å². The largest absolute Gasteiger partial charge is 0.467 e. The van der Waals surface area contributed by atoms with Crippen LogP contribution in [0.4, 0.5) is 0 Å². The summed E-state index contributed by atoms with van der Waals surface area (Å²) < 4.78 is 21.8. The third-order valence-electron chi connectivity index (χ3n) is 3.15. The maximum atomic E-state index is 9.74. The van der Waals surface area contributed by atoms with Crippen molar-refractivity contribution in [2.45, 2.75) is 5.92 Å². The van der Waals surface area contributed by atoms with E-state index in [1.165, 1.54) is 14.2 Å². The van der Waals surface area contributed by atoms with E-state index in [1.54, 1.807) is 24.4 Å². The molecular formula is C17H17BrN2O4. The Morgan fingerprint density at radius 3 is 2.50 bits per heavy atom. The van der Waals surface area contributed by atoms with Crippen molar-refractivity contribution in [1.82, 2.24) is 4.98 Å². The fourth-order valence-corrected chi connectivity index (χ4v) is 2.52. The van der Waals surface area contributed by atoms with E-state index < -0.39 is 5.92 Å². The Bertz CT molecular complexity index is 718. The van der Waals surface area contributed by atoms with Gasteiger partial charge in [-0.05, 0) is 30.3 Å². The van der Waals surface area contributed by atoms with Crippen LogP contribution in [0.15, 0.2) is 41.0 Å². The number of rotatable bonds is 8. The highest BCUT2D eigenvalue weighted by molar-refractivity contribution is 9.10. The third-order valence-corrected chi connectivity index (χ3v) is 3.64. The Labute approximate surface area is 149 Å². The monoisotopic (exact) mass is 392 g/mol. The first-order valence-corrected chi connectivity index (χ1v) is 7.88. The Hall–Kier alpha value is -2.14. The van der Waals surface area contributed by atoms with Gasteiger partial charge in [-0.2, -0.15) is 5.26 Å². The van der Waals surface area contributed by atoms with Crippen molar-refractivity contribution < 1.29 is 18.9 Å². The number of nitriles is 1. The summed E-state index contributed by atoms with van der Waals surface area (Å²) in [6.45, 7) is 0.157. The van der Waals surface area contributed by atoms with Crippen molar-refractivity contribution >= 4 is 15.9 Å². The van der Waals surface area contributed by atoms with Gasteiger partial charge in [0.25, 0.3) is 0 Å². The van der Waals surface area contributed by atoms with Gasteiger partial charge in [-0.25, -0.2) is 0 Å². The topological polar surface area (TPSA) is 73.6 Å². The quantitative estimate of drug-likeness (QED) is 0.640. The van der Waals surface area contributed by atoms with Gasteiger partial charge in [0.15, 0.2) is 13.6 Å². The van der Waals surface area contributed by atoms with Gasteiger partial charge in [-0.1, -0.05) is 15.9 Å². The molecule has 0 aliphatic carbocycles. The van der Waals surface area contributed by atoms with Crippen LogP contribution in [0.2, 0.25) is 0 Å². The average Bonchev–Trinajstić information content (AvgIpc) is 2.61. The van der Waals surface area contributed by atoms with Crippen molar-refractivity contribution in [1.29, 1.82) is 5.26 Å². The molecule has 126 valence electrons. The van der Waals surface area contributed by atoms with Crippen molar-refractivity contribution in [3.63, 3.8) is 0 Å². The van der Waals surface area contributed by atoms with E-state index in [2.05, 4.69) is 27.0 Å². The number of aromatic nitrogens is 1. The molecule has 2 aromatic rings. The maximum Gasteiger partial charge on any atom is 0.188 e. The lowest BCUT2D eigenvalue weighted by Crippen LogP contribution is -2.09. The van der Waals surface area contributed by atoms with E-state index in [0.717, 1.165) is 4.47 Å². The lowest BCUT2D eigenvalue weighted by molar-refractivity contribution is 0.0493. The lowest BCUT2D eigenvalue weighted by atomic mass is 9.95. The molecule has 0 aliphatic rings. The van der Waals surface area contributed by atoms with Crippen LogP contribution in [0.5, 0.6) is 11.5 Å². The van der Waals surface area contributed by atoms with Gasteiger partial charge in [0.1, 0.15) is 23.1 Å². The second-order valence-corrected chi connectivity index (χ2v) is 5.65. The predicted molar refractivity (Wildman–Crippen MR) is 90.8 cm³/mol. The molecule has 1 aromatic heterocycles. The molecule has 0 spiro atoms. The SMILES string of the molecule is COCOc1ccc(Br)cc1C(C#N)c1ncccc1OCOC. The smallest absolute Gasteiger partial charge is 0.188 e. The predicted octanol–water partition coefficient (Wildman–Crippen LogP) is 3.46. The first-order chi connectivity index (χ1) is 11.7. The first-order valence-electron chi connectivity index (χ1n) is 7.08. The van der Waals surface area contributed by atoms with Crippen LogP contribution >= 0.6 is 15.9 Å². The molecule has 0 fully saturated rings. The summed E-state index contributed by atoms with van der Waals surface area (Å²) in [7, 11) is 3.07. The van der Waals surface area contributed by atoms with Crippen molar-refractivity contribution in [3.8, 4) is 17.6 Å². The van der Waals surface area contributed by atoms with Crippen LogP contribution in [-0.2, 0) is 9.47 Å². The fourth-order valence-electron chi connectivity index (χ4n) is 2.14. The van der Waals surface area contributed by atoms with Gasteiger partial charge in [0.2, 0.25) is 0 Å². The highest BCUT2D eigenvalue weighted by Gasteiger charge is 2.23. The molecule has 0 N–H and O–H groups in total. The van der Waals surface area contributed by atoms with Gasteiger partial charge in [-0.15, -0.1) is 0 Å². The number of methoxy groups -OCH3 is 2. The van der Waals surface area contributed by atoms with Crippen molar-refractivity contribution in [2.24, 2.45) is 0 Å². The molecule has 0 saturated carbocycles. The molecule has 7 heteroatoms. The highest BCUT2D eigenvalue weighted by atomic mass is 79.9. The summed E-state index contributed by atoms with van der Waals surface area (Å²) >= 11 is 3.43. The van der Waals surface area contributed by atoms with E-state index >= 15 is 0 Å². The van der Waals surface area contributed by atoms with Gasteiger partial charge in [-0.3, -0.25) is 4.98 Å². The normalized spacial score (nSPS) is 11.6. The zero-order chi connectivity index (χ0) is 17.4. The van der Waals surface area contributed by atoms with E-state index in [4.69, 9.17) is 18.9 Å². The van der Waals surface area contributed by atoms with Crippen LogP contribution in [0.1, 0.15) is 17.2 Å². The molecule has 0 bridgehead atoms. The summed E-state index contributed by atoms with van der Waals surface area (Å²) in [5, 5.41) is 9.74. The molecule has 2 rings (SSSR count). The van der Waals surface area contributed by atoms with Gasteiger partial charge in [0.05, 0.1) is 6.07 Å². The lowest BCUT2D eigenvalue weighted by Gasteiger charge is -2.17. The van der Waals surface area contributed by atoms with Crippen LogP contribution in [-0.4, -0.2) is 32.8 Å². The number of nitrogens with zero attached hydrogens (tertiary/aromatic N) is 2. The molecule has 0 saturated heterocycles. The zero-order valence-corrected chi connectivity index (χ0v) is 14.9. The molecule has 0 radical (unpaired) electrons. The van der Waals surface area contributed by atoms with Crippen molar-refractivity contribution in [2.75, 3.05) is 27.8 Å². The van der Waals surface area contributed by atoms with Gasteiger partial charge >= 0.3 is 0 Å². The van der Waals surface area contributed by atoms with E-state index in [-0.39, 0.29) is 13.6 Å². The number of halogens is 1. The number of hydrogen-bond donors (Lipinski definition) is 0. The minimum absolute atomic E-state index is 0.0718. The van der Waals surface area contributed by atoms with Crippen molar-refractivity contribution in [3.05, 3.63) is 52.3 Å². The first kappa shape index (κ1) is 18.2. The molecular weight excluding hydrogens is 376 g/mol. The Balaban J connectivity index is 2.46. The van der Waals surface area contributed by atoms with Crippen LogP contribution in [0.3, 0.4) is 0 Å². The number of benzene rings is 1. The molecule has 1 heterocycles. The molecule has 1 unspecified atom stereocenters. The number of ether oxygens (including phenoxy) is 4. The molecule has 0 aliphatic heterocycles. The average molecular weight is 393 g/mol. The van der Waals surface area contributed by atoms with E-state index in [0.29, 0.717) is 22.8 Å². The summed E-state index contributed by atoms with van der Waals surface area (Å²) in [6.07, 6.45) is 1.62. The Kier molecular flexibility index (Phi) is 7.00. The second-order valence-electron chi connectivity index (χ2n) is 4.73.